The monoisotopic (exact) mass is 285 g/mol. The van der Waals surface area contributed by atoms with Gasteiger partial charge in [0.1, 0.15) is 5.76 Å². The van der Waals surface area contributed by atoms with Crippen LogP contribution in [0.3, 0.4) is 0 Å². The number of hydrogen-bond acceptors (Lipinski definition) is 5. The topological polar surface area (TPSA) is 67.3 Å². The lowest BCUT2D eigenvalue weighted by atomic mass is 10.1. The summed E-state index contributed by atoms with van der Waals surface area (Å²) in [5.74, 6) is -1.27. The summed E-state index contributed by atoms with van der Waals surface area (Å²) >= 11 is 1.38. The van der Waals surface area contributed by atoms with Gasteiger partial charge in [0.2, 0.25) is 11.6 Å². The Labute approximate surface area is 119 Å². The molecule has 3 rings (SSSR count). The maximum absolute atomic E-state index is 11.7. The van der Waals surface area contributed by atoms with Gasteiger partial charge in [0.25, 0.3) is 0 Å². The molecule has 20 heavy (non-hydrogen) atoms. The van der Waals surface area contributed by atoms with E-state index >= 15 is 0 Å². The second-order valence-corrected chi connectivity index (χ2v) is 5.68. The third-order valence-corrected chi connectivity index (χ3v) is 4.28. The number of nitrogens with zero attached hydrogens (tertiary/aromatic N) is 1. The zero-order chi connectivity index (χ0) is 14.3. The highest BCUT2D eigenvalue weighted by molar-refractivity contribution is 7.17. The predicted molar refractivity (Wildman–Crippen MR) is 76.5 cm³/mol. The molecule has 2 aromatic rings. The molecule has 1 aliphatic carbocycles. The second kappa shape index (κ2) is 4.68. The molecule has 2 aromatic heterocycles. The van der Waals surface area contributed by atoms with Gasteiger partial charge in [-0.15, -0.1) is 11.3 Å². The second-order valence-electron chi connectivity index (χ2n) is 4.60. The van der Waals surface area contributed by atoms with Crippen molar-refractivity contribution in [3.8, 4) is 10.4 Å². The van der Waals surface area contributed by atoms with Crippen LogP contribution in [0, 0.1) is 6.92 Å². The van der Waals surface area contributed by atoms with Crippen molar-refractivity contribution in [2.45, 2.75) is 13.3 Å². The van der Waals surface area contributed by atoms with Crippen LogP contribution in [0.25, 0.3) is 16.0 Å². The quantitative estimate of drug-likeness (QED) is 0.861. The Bertz CT molecular complexity index is 758. The summed E-state index contributed by atoms with van der Waals surface area (Å²) in [5.41, 5.74) is 2.06. The van der Waals surface area contributed by atoms with Gasteiger partial charge in [-0.05, 0) is 36.8 Å². The van der Waals surface area contributed by atoms with Crippen molar-refractivity contribution >= 4 is 28.5 Å². The van der Waals surface area contributed by atoms with E-state index in [4.69, 9.17) is 0 Å². The summed E-state index contributed by atoms with van der Waals surface area (Å²) in [5, 5.41) is 9.74. The highest BCUT2D eigenvalue weighted by atomic mass is 32.1. The van der Waals surface area contributed by atoms with E-state index in [-0.39, 0.29) is 17.8 Å². The first-order valence-electron chi connectivity index (χ1n) is 6.09. The largest absolute Gasteiger partial charge is 0.511 e. The number of aryl methyl sites for hydroxylation is 1. The Balaban J connectivity index is 2.01. The maximum Gasteiger partial charge on any atom is 0.233 e. The van der Waals surface area contributed by atoms with E-state index < -0.39 is 11.6 Å². The minimum absolute atomic E-state index is 0.126. The number of thiophene rings is 1. The first-order chi connectivity index (χ1) is 9.56. The van der Waals surface area contributed by atoms with Gasteiger partial charge in [-0.3, -0.25) is 14.6 Å². The molecule has 0 unspecified atom stereocenters. The molecule has 1 N–H and O–H groups in total. The van der Waals surface area contributed by atoms with Crippen molar-refractivity contribution in [2.24, 2.45) is 0 Å². The average molecular weight is 285 g/mol. The van der Waals surface area contributed by atoms with E-state index in [0.717, 1.165) is 16.1 Å². The number of aromatic nitrogens is 1. The minimum atomic E-state index is -0.596. The van der Waals surface area contributed by atoms with Gasteiger partial charge >= 0.3 is 0 Å². The van der Waals surface area contributed by atoms with Gasteiger partial charge < -0.3 is 5.11 Å². The third kappa shape index (κ3) is 2.06. The number of carbonyl (C=O) groups is 2. The van der Waals surface area contributed by atoms with Gasteiger partial charge in [-0.1, -0.05) is 0 Å². The zero-order valence-electron chi connectivity index (χ0n) is 10.7. The molecule has 0 spiro atoms. The molecule has 0 aliphatic heterocycles. The van der Waals surface area contributed by atoms with Gasteiger partial charge in [-0.2, -0.15) is 0 Å². The van der Waals surface area contributed by atoms with Gasteiger partial charge in [-0.25, -0.2) is 0 Å². The van der Waals surface area contributed by atoms with Crippen LogP contribution in [0.2, 0.25) is 0 Å². The molecule has 0 saturated carbocycles. The molecule has 0 amide bonds. The lowest BCUT2D eigenvalue weighted by molar-refractivity contribution is -0.132. The van der Waals surface area contributed by atoms with E-state index in [0.29, 0.717) is 4.88 Å². The van der Waals surface area contributed by atoms with Crippen LogP contribution in [0.5, 0.6) is 0 Å². The van der Waals surface area contributed by atoms with Crippen molar-refractivity contribution in [1.82, 2.24) is 4.98 Å². The van der Waals surface area contributed by atoms with Crippen LogP contribution in [0.1, 0.15) is 17.0 Å². The normalized spacial score (nSPS) is 15.2. The first-order valence-corrected chi connectivity index (χ1v) is 6.91. The van der Waals surface area contributed by atoms with Gasteiger partial charge in [0, 0.05) is 21.6 Å². The Hall–Kier alpha value is -2.27. The summed E-state index contributed by atoms with van der Waals surface area (Å²) in [6.45, 7) is 1.91. The van der Waals surface area contributed by atoms with Crippen LogP contribution in [-0.4, -0.2) is 21.7 Å². The Morgan fingerprint density at radius 3 is 2.60 bits per heavy atom. The van der Waals surface area contributed by atoms with Crippen LogP contribution >= 0.6 is 11.3 Å². The van der Waals surface area contributed by atoms with Crippen molar-refractivity contribution in [1.29, 1.82) is 0 Å². The zero-order valence-corrected chi connectivity index (χ0v) is 11.5. The van der Waals surface area contributed by atoms with Crippen LogP contribution in [-0.2, 0) is 9.59 Å². The molecular formula is C15H11NO3S. The van der Waals surface area contributed by atoms with Crippen LogP contribution < -0.4 is 0 Å². The average Bonchev–Trinajstić information content (AvgIpc) is 2.96. The Morgan fingerprint density at radius 2 is 1.95 bits per heavy atom. The summed E-state index contributed by atoms with van der Waals surface area (Å²) in [6, 6.07) is 7.48. The van der Waals surface area contributed by atoms with E-state index in [2.05, 4.69) is 4.98 Å². The molecule has 5 heteroatoms. The van der Waals surface area contributed by atoms with Gasteiger partial charge in [0.15, 0.2) is 0 Å². The number of ketones is 2. The molecule has 0 saturated heterocycles. The summed E-state index contributed by atoms with van der Waals surface area (Å²) < 4.78 is 0. The Morgan fingerprint density at radius 1 is 1.20 bits per heavy atom. The number of pyridine rings is 1. The molecule has 0 bridgehead atoms. The Kier molecular flexibility index (Phi) is 2.99. The minimum Gasteiger partial charge on any atom is -0.511 e. The number of aliphatic hydroxyl groups excluding tert-OH is 1. The predicted octanol–water partition coefficient (Wildman–Crippen LogP) is 2.93. The van der Waals surface area contributed by atoms with Gasteiger partial charge in [0.05, 0.1) is 12.0 Å². The molecule has 4 nitrogen and oxygen atoms in total. The van der Waals surface area contributed by atoms with E-state index in [1.807, 2.05) is 25.1 Å². The summed E-state index contributed by atoms with van der Waals surface area (Å²) in [4.78, 5) is 28.8. The van der Waals surface area contributed by atoms with E-state index in [9.17, 15) is 14.7 Å². The fraction of sp³-hybridized carbons (Fsp3) is 0.133. The number of hydrogen-bond donors (Lipinski definition) is 1. The molecular weight excluding hydrogens is 274 g/mol. The molecule has 1 aliphatic rings. The van der Waals surface area contributed by atoms with Crippen molar-refractivity contribution in [3.05, 3.63) is 46.8 Å². The van der Waals surface area contributed by atoms with Crippen molar-refractivity contribution in [3.63, 3.8) is 0 Å². The number of carbonyl (C=O) groups excluding carboxylic acids is 2. The van der Waals surface area contributed by atoms with Crippen molar-refractivity contribution in [2.75, 3.05) is 0 Å². The first kappa shape index (κ1) is 12.7. The lowest BCUT2D eigenvalue weighted by Gasteiger charge is -1.98. The molecule has 0 atom stereocenters. The highest BCUT2D eigenvalue weighted by Crippen LogP contribution is 2.36. The van der Waals surface area contributed by atoms with E-state index in [1.165, 1.54) is 11.3 Å². The standard InChI is InChI=1S/C15H11NO3S/c1-8-6-9(4-5-16-8)12-2-3-13(20-12)14-10(17)7-11(18)15(14)19/h2-6,17H,7H2,1H3. The fourth-order valence-electron chi connectivity index (χ4n) is 2.17. The van der Waals surface area contributed by atoms with Crippen molar-refractivity contribution < 1.29 is 14.7 Å². The molecule has 0 aromatic carbocycles. The fourth-order valence-corrected chi connectivity index (χ4v) is 3.24. The third-order valence-electron chi connectivity index (χ3n) is 3.13. The van der Waals surface area contributed by atoms with Crippen LogP contribution in [0.4, 0.5) is 0 Å². The highest BCUT2D eigenvalue weighted by Gasteiger charge is 2.33. The maximum atomic E-state index is 11.7. The molecule has 0 radical (unpaired) electrons. The number of aliphatic hydroxyl groups is 1. The van der Waals surface area contributed by atoms with Crippen LogP contribution in [0.15, 0.2) is 36.2 Å². The number of rotatable bonds is 2. The molecule has 100 valence electrons. The lowest BCUT2D eigenvalue weighted by Crippen LogP contribution is -2.06. The summed E-state index contributed by atoms with van der Waals surface area (Å²) in [6.07, 6.45) is 1.54. The SMILES string of the molecule is Cc1cc(-c2ccc(C3=C(O)CC(=O)C3=O)s2)ccn1. The molecule has 2 heterocycles. The molecule has 0 fully saturated rings. The smallest absolute Gasteiger partial charge is 0.233 e. The van der Waals surface area contributed by atoms with E-state index in [1.54, 1.807) is 12.3 Å². The number of Topliss-reactive ketones (excluding diaryl/α,β-unsaturated/α-hetero) is 2. The number of allylic oxidation sites excluding steroid dienone is 2. The summed E-state index contributed by atoms with van der Waals surface area (Å²) in [7, 11) is 0.